The normalized spacial score (nSPS) is 16.8. The molecule has 0 N–H and O–H groups in total. The molecule has 4 rings (SSSR count). The molecule has 0 bridgehead atoms. The number of hydrogen-bond donors (Lipinski definition) is 0. The summed E-state index contributed by atoms with van der Waals surface area (Å²) in [7, 11) is -3.17. The lowest BCUT2D eigenvalue weighted by Gasteiger charge is -2.13. The van der Waals surface area contributed by atoms with Gasteiger partial charge < -0.3 is 0 Å². The van der Waals surface area contributed by atoms with Crippen molar-refractivity contribution in [3.63, 3.8) is 0 Å². The van der Waals surface area contributed by atoms with Crippen LogP contribution in [0.3, 0.4) is 0 Å². The zero-order chi connectivity index (χ0) is 18.1. The third kappa shape index (κ3) is 3.40. The van der Waals surface area contributed by atoms with E-state index in [1.165, 1.54) is 0 Å². The highest BCUT2D eigenvalue weighted by Gasteiger charge is 2.29. The lowest BCUT2D eigenvalue weighted by atomic mass is 10.1. The first-order valence-corrected chi connectivity index (χ1v) is 10.4. The van der Waals surface area contributed by atoms with Gasteiger partial charge in [-0.1, -0.05) is 41.9 Å². The summed E-state index contributed by atoms with van der Waals surface area (Å²) in [4.78, 5) is 0. The number of aromatic nitrogens is 2. The van der Waals surface area contributed by atoms with Gasteiger partial charge in [0.15, 0.2) is 0 Å². The van der Waals surface area contributed by atoms with Crippen molar-refractivity contribution in [3.8, 4) is 16.9 Å². The van der Waals surface area contributed by atoms with E-state index in [0.717, 1.165) is 22.5 Å². The maximum atomic E-state index is 12.2. The largest absolute Gasteiger partial charge is 0.240 e. The molecule has 2 aromatic carbocycles. The summed E-state index contributed by atoms with van der Waals surface area (Å²) in [5.41, 5.74) is 3.49. The molecular formula is C19H18ClN3O2S. The van der Waals surface area contributed by atoms with E-state index in [2.05, 4.69) is 0 Å². The van der Waals surface area contributed by atoms with Gasteiger partial charge in [0.05, 0.1) is 17.1 Å². The molecule has 0 amide bonds. The Morgan fingerprint density at radius 1 is 1.04 bits per heavy atom. The predicted molar refractivity (Wildman–Crippen MR) is 103 cm³/mol. The number of nitrogens with zero attached hydrogens (tertiary/aromatic N) is 3. The molecular weight excluding hydrogens is 370 g/mol. The Balaban J connectivity index is 1.77. The molecule has 0 saturated carbocycles. The van der Waals surface area contributed by atoms with Crippen LogP contribution in [0.2, 0.25) is 5.02 Å². The minimum Gasteiger partial charge on any atom is -0.240 e. The van der Waals surface area contributed by atoms with E-state index in [4.69, 9.17) is 16.7 Å². The van der Waals surface area contributed by atoms with Gasteiger partial charge in [-0.3, -0.25) is 0 Å². The lowest BCUT2D eigenvalue weighted by Crippen LogP contribution is -2.25. The van der Waals surface area contributed by atoms with Crippen LogP contribution in [0, 0.1) is 0 Å². The summed E-state index contributed by atoms with van der Waals surface area (Å²) < 4.78 is 27.8. The van der Waals surface area contributed by atoms with Crippen LogP contribution in [0.25, 0.3) is 16.9 Å². The van der Waals surface area contributed by atoms with Gasteiger partial charge >= 0.3 is 0 Å². The van der Waals surface area contributed by atoms with E-state index in [1.54, 1.807) is 8.99 Å². The zero-order valence-electron chi connectivity index (χ0n) is 14.0. The van der Waals surface area contributed by atoms with Crippen molar-refractivity contribution in [2.75, 3.05) is 12.3 Å². The van der Waals surface area contributed by atoms with E-state index in [9.17, 15) is 8.42 Å². The second kappa shape index (κ2) is 6.87. The minimum absolute atomic E-state index is 0.218. The number of halogens is 1. The van der Waals surface area contributed by atoms with E-state index in [1.807, 2.05) is 60.8 Å². The van der Waals surface area contributed by atoms with Crippen LogP contribution >= 0.6 is 11.6 Å². The fourth-order valence-electron chi connectivity index (χ4n) is 3.15. The molecule has 5 nitrogen and oxygen atoms in total. The molecule has 1 aliphatic heterocycles. The molecule has 3 aromatic rings. The van der Waals surface area contributed by atoms with Gasteiger partial charge in [-0.25, -0.2) is 13.1 Å². The third-order valence-corrected chi connectivity index (χ3v) is 6.63. The first-order chi connectivity index (χ1) is 12.5. The quantitative estimate of drug-likeness (QED) is 0.685. The Morgan fingerprint density at radius 3 is 2.42 bits per heavy atom. The van der Waals surface area contributed by atoms with E-state index in [0.29, 0.717) is 24.5 Å². The predicted octanol–water partition coefficient (Wildman–Crippen LogP) is 3.73. The average Bonchev–Trinajstić information content (AvgIpc) is 3.20. The molecule has 0 unspecified atom stereocenters. The van der Waals surface area contributed by atoms with Gasteiger partial charge in [0.2, 0.25) is 10.0 Å². The lowest BCUT2D eigenvalue weighted by molar-refractivity contribution is 0.440. The molecule has 1 saturated heterocycles. The fraction of sp³-hybridized carbons (Fsp3) is 0.211. The molecule has 7 heteroatoms. The van der Waals surface area contributed by atoms with Crippen LogP contribution in [0.4, 0.5) is 0 Å². The van der Waals surface area contributed by atoms with Gasteiger partial charge in [-0.05, 0) is 30.7 Å². The number of benzene rings is 2. The van der Waals surface area contributed by atoms with Gasteiger partial charge in [0.1, 0.15) is 0 Å². The van der Waals surface area contributed by atoms with E-state index >= 15 is 0 Å². The van der Waals surface area contributed by atoms with Crippen LogP contribution in [-0.2, 0) is 16.6 Å². The molecule has 0 atom stereocenters. The second-order valence-corrected chi connectivity index (χ2v) is 8.82. The monoisotopic (exact) mass is 387 g/mol. The van der Waals surface area contributed by atoms with E-state index < -0.39 is 10.0 Å². The van der Waals surface area contributed by atoms with Crippen molar-refractivity contribution < 1.29 is 8.42 Å². The van der Waals surface area contributed by atoms with E-state index in [-0.39, 0.29) is 5.75 Å². The van der Waals surface area contributed by atoms with Crippen molar-refractivity contribution in [1.29, 1.82) is 0 Å². The highest BCUT2D eigenvalue weighted by atomic mass is 35.5. The van der Waals surface area contributed by atoms with Gasteiger partial charge in [-0.15, -0.1) is 0 Å². The Labute approximate surface area is 157 Å². The molecule has 1 aromatic heterocycles. The SMILES string of the molecule is O=S1(=O)CCCN1Cc1cn(-c2ccccc2)nc1-c1ccc(Cl)cc1. The number of sulfonamides is 1. The van der Waals surface area contributed by atoms with Crippen molar-refractivity contribution >= 4 is 21.6 Å². The molecule has 0 spiro atoms. The second-order valence-electron chi connectivity index (χ2n) is 6.29. The molecule has 1 aliphatic rings. The summed E-state index contributed by atoms with van der Waals surface area (Å²) >= 11 is 6.00. The smallest absolute Gasteiger partial charge is 0.214 e. The maximum Gasteiger partial charge on any atom is 0.214 e. The van der Waals surface area contributed by atoms with Crippen molar-refractivity contribution in [2.45, 2.75) is 13.0 Å². The van der Waals surface area contributed by atoms with Gasteiger partial charge in [-0.2, -0.15) is 9.40 Å². The van der Waals surface area contributed by atoms with Gasteiger partial charge in [0, 0.05) is 35.4 Å². The summed E-state index contributed by atoms with van der Waals surface area (Å²) in [5, 5.41) is 5.37. The Bertz CT molecular complexity index is 1010. The van der Waals surface area contributed by atoms with Gasteiger partial charge in [0.25, 0.3) is 0 Å². The van der Waals surface area contributed by atoms with Crippen LogP contribution in [0.1, 0.15) is 12.0 Å². The Hall–Kier alpha value is -2.15. The summed E-state index contributed by atoms with van der Waals surface area (Å²) in [6, 6.07) is 17.2. The molecule has 1 fully saturated rings. The fourth-order valence-corrected chi connectivity index (χ4v) is 4.77. The summed E-state index contributed by atoms with van der Waals surface area (Å²) in [6.07, 6.45) is 2.58. The van der Waals surface area contributed by atoms with Crippen molar-refractivity contribution in [2.24, 2.45) is 0 Å². The summed E-state index contributed by atoms with van der Waals surface area (Å²) in [5.74, 6) is 0.218. The number of hydrogen-bond acceptors (Lipinski definition) is 3. The zero-order valence-corrected chi connectivity index (χ0v) is 15.6. The molecule has 0 aliphatic carbocycles. The van der Waals surface area contributed by atoms with Crippen LogP contribution in [0.5, 0.6) is 0 Å². The minimum atomic E-state index is -3.17. The molecule has 0 radical (unpaired) electrons. The summed E-state index contributed by atoms with van der Waals surface area (Å²) in [6.45, 7) is 0.881. The third-order valence-electron chi connectivity index (χ3n) is 4.48. The number of para-hydroxylation sites is 1. The van der Waals surface area contributed by atoms with Crippen LogP contribution in [-0.4, -0.2) is 34.8 Å². The van der Waals surface area contributed by atoms with Crippen molar-refractivity contribution in [3.05, 3.63) is 71.4 Å². The first-order valence-electron chi connectivity index (χ1n) is 8.41. The highest BCUT2D eigenvalue weighted by Crippen LogP contribution is 2.28. The molecule has 134 valence electrons. The highest BCUT2D eigenvalue weighted by molar-refractivity contribution is 7.89. The van der Waals surface area contributed by atoms with Crippen LogP contribution in [0.15, 0.2) is 60.8 Å². The molecule has 26 heavy (non-hydrogen) atoms. The van der Waals surface area contributed by atoms with Crippen molar-refractivity contribution in [1.82, 2.24) is 14.1 Å². The topological polar surface area (TPSA) is 55.2 Å². The standard InChI is InChI=1S/C19H18ClN3O2S/c20-17-9-7-15(8-10-17)19-16(13-22-11-4-12-26(22,24)25)14-23(21-19)18-5-2-1-3-6-18/h1-3,5-10,14H,4,11-13H2. The Morgan fingerprint density at radius 2 is 1.77 bits per heavy atom. The van der Waals surface area contributed by atoms with Crippen LogP contribution < -0.4 is 0 Å². The average molecular weight is 388 g/mol. The number of rotatable bonds is 4. The first kappa shape index (κ1) is 17.3. The Kier molecular flexibility index (Phi) is 4.56. The molecule has 2 heterocycles. The maximum absolute atomic E-state index is 12.2.